The molecule has 20 heteroatoms. The van der Waals surface area contributed by atoms with Gasteiger partial charge in [-0.25, -0.2) is 0 Å². The van der Waals surface area contributed by atoms with Crippen molar-refractivity contribution in [1.29, 1.82) is 0 Å². The molecule has 3 N–H and O–H groups in total. The highest BCUT2D eigenvalue weighted by Gasteiger charge is 2.82. The van der Waals surface area contributed by atoms with Crippen LogP contribution in [-0.2, 0) is 14.3 Å². The zero-order valence-electron chi connectivity index (χ0n) is 14.9. The van der Waals surface area contributed by atoms with Crippen molar-refractivity contribution in [3.8, 4) is 0 Å². The Morgan fingerprint density at radius 3 is 1.56 bits per heavy atom. The minimum atomic E-state index is -7.58. The van der Waals surface area contributed by atoms with Crippen molar-refractivity contribution in [2.45, 2.75) is 55.2 Å². The molecule has 0 radical (unpaired) electrons. The van der Waals surface area contributed by atoms with Crippen LogP contribution in [0.3, 0.4) is 0 Å². The lowest BCUT2D eigenvalue weighted by Crippen LogP contribution is -2.68. The molecular weight excluding hydrogens is 504 g/mol. The molecule has 3 atom stereocenters. The Hall–Kier alpha value is -1.67. The molecule has 0 aliphatic carbocycles. The van der Waals surface area contributed by atoms with Crippen molar-refractivity contribution >= 4 is 5.91 Å². The molecule has 0 heterocycles. The van der Waals surface area contributed by atoms with Crippen LogP contribution in [0.15, 0.2) is 0 Å². The van der Waals surface area contributed by atoms with Crippen molar-refractivity contribution in [3.05, 3.63) is 0 Å². The molecule has 0 saturated carbocycles. The molecule has 0 aromatic carbocycles. The number of aliphatic hydroxyl groups is 2. The maximum Gasteiger partial charge on any atom is 0.458 e. The molecule has 192 valence electrons. The lowest BCUT2D eigenvalue weighted by atomic mass is 10.2. The fraction of sp³-hybridized carbons (Fsp3) is 0.917. The quantitative estimate of drug-likeness (QED) is 0.390. The Labute approximate surface area is 167 Å². The minimum absolute atomic E-state index is 0.651. The monoisotopic (exact) mass is 515 g/mol. The molecule has 6 nitrogen and oxygen atoms in total. The van der Waals surface area contributed by atoms with Crippen LogP contribution >= 0.6 is 0 Å². The van der Waals surface area contributed by atoms with Gasteiger partial charge in [0, 0.05) is 13.5 Å². The van der Waals surface area contributed by atoms with E-state index >= 15 is 0 Å². The molecular formula is C12H11F14NO5. The SMILES string of the molecule is CC(F)(F)C(F)(F)OC(F)(C(F)(F)F)C(F)(F)OC(F)(C(=O)NCC(O)CO)C(F)(F)F. The van der Waals surface area contributed by atoms with Crippen LogP contribution in [0.2, 0.25) is 0 Å². The van der Waals surface area contributed by atoms with Gasteiger partial charge in [0.2, 0.25) is 0 Å². The summed E-state index contributed by atoms with van der Waals surface area (Å²) in [6, 6.07) is 0. The fourth-order valence-corrected chi connectivity index (χ4v) is 1.41. The second-order valence-corrected chi connectivity index (χ2v) is 5.86. The van der Waals surface area contributed by atoms with Crippen molar-refractivity contribution in [3.63, 3.8) is 0 Å². The first-order valence-corrected chi connectivity index (χ1v) is 7.41. The Morgan fingerprint density at radius 1 is 0.812 bits per heavy atom. The summed E-state index contributed by atoms with van der Waals surface area (Å²) in [5, 5.41) is 17.8. The third kappa shape index (κ3) is 6.01. The number of ether oxygens (including phenoxy) is 2. The number of amides is 1. The number of nitrogens with one attached hydrogen (secondary N) is 1. The van der Waals surface area contributed by atoms with Crippen LogP contribution in [0.1, 0.15) is 6.92 Å². The van der Waals surface area contributed by atoms with Crippen LogP contribution in [-0.4, -0.2) is 77.6 Å². The number of rotatable bonds is 10. The van der Waals surface area contributed by atoms with Crippen molar-refractivity contribution in [2.75, 3.05) is 13.2 Å². The predicted molar refractivity (Wildman–Crippen MR) is 68.6 cm³/mol. The molecule has 3 unspecified atom stereocenters. The van der Waals surface area contributed by atoms with Gasteiger partial charge in [-0.2, -0.15) is 61.5 Å². The molecule has 0 saturated heterocycles. The number of alkyl halides is 14. The molecule has 0 rings (SSSR count). The summed E-state index contributed by atoms with van der Waals surface area (Å²) in [4.78, 5) is 11.3. The van der Waals surface area contributed by atoms with Crippen LogP contribution < -0.4 is 5.32 Å². The summed E-state index contributed by atoms with van der Waals surface area (Å²) in [7, 11) is 0. The summed E-state index contributed by atoms with van der Waals surface area (Å²) < 4.78 is 187. The third-order valence-corrected chi connectivity index (χ3v) is 3.15. The first-order chi connectivity index (χ1) is 13.8. The number of hydrogen-bond acceptors (Lipinski definition) is 5. The second-order valence-electron chi connectivity index (χ2n) is 5.86. The Bertz CT molecular complexity index is 662. The van der Waals surface area contributed by atoms with Gasteiger partial charge in [0.1, 0.15) is 0 Å². The van der Waals surface area contributed by atoms with E-state index < -0.39 is 74.3 Å². The minimum Gasteiger partial charge on any atom is -0.394 e. The van der Waals surface area contributed by atoms with Gasteiger partial charge in [-0.3, -0.25) is 14.3 Å². The highest BCUT2D eigenvalue weighted by molar-refractivity contribution is 5.84. The summed E-state index contributed by atoms with van der Waals surface area (Å²) in [5.41, 5.74) is 0. The van der Waals surface area contributed by atoms with Gasteiger partial charge in [-0.1, -0.05) is 0 Å². The van der Waals surface area contributed by atoms with E-state index in [1.807, 2.05) is 4.74 Å². The molecule has 0 spiro atoms. The van der Waals surface area contributed by atoms with Crippen LogP contribution in [0.5, 0.6) is 0 Å². The zero-order valence-corrected chi connectivity index (χ0v) is 14.9. The predicted octanol–water partition coefficient (Wildman–Crippen LogP) is 2.79. The number of halogens is 14. The normalized spacial score (nSPS) is 19.2. The van der Waals surface area contributed by atoms with Crippen LogP contribution in [0, 0.1) is 0 Å². The first kappa shape index (κ1) is 30.3. The van der Waals surface area contributed by atoms with E-state index in [0.717, 1.165) is 0 Å². The van der Waals surface area contributed by atoms with Gasteiger partial charge in [-0.15, -0.1) is 0 Å². The van der Waals surface area contributed by atoms with Crippen LogP contribution in [0.4, 0.5) is 61.5 Å². The Morgan fingerprint density at radius 2 is 1.25 bits per heavy atom. The largest absolute Gasteiger partial charge is 0.458 e. The summed E-state index contributed by atoms with van der Waals surface area (Å²) >= 11 is 0. The molecule has 1 amide bonds. The standard InChI is InChI=1S/C12H11F14NO5/c1-6(13,14)11(23,24)32-8(16,10(20,21)22)12(25,26)31-7(15,9(17,18)19)5(30)27-2-4(29)3-28/h4,28-29H,2-3H2,1H3,(H,27,30). The van der Waals surface area contributed by atoms with Crippen molar-refractivity contribution in [1.82, 2.24) is 5.32 Å². The Kier molecular flexibility index (Phi) is 8.47. The van der Waals surface area contributed by atoms with Crippen molar-refractivity contribution < 1.29 is 85.9 Å². The summed E-state index contributed by atoms with van der Waals surface area (Å²) in [5.74, 6) is -23.5. The van der Waals surface area contributed by atoms with E-state index in [-0.39, 0.29) is 0 Å². The fourth-order valence-electron chi connectivity index (χ4n) is 1.41. The van der Waals surface area contributed by atoms with E-state index in [4.69, 9.17) is 10.2 Å². The molecule has 0 aliphatic heterocycles. The number of carbonyl (C=O) groups excluding carboxylic acids is 1. The number of aliphatic hydroxyl groups excluding tert-OH is 2. The average molecular weight is 515 g/mol. The van der Waals surface area contributed by atoms with E-state index in [9.17, 15) is 66.3 Å². The third-order valence-electron chi connectivity index (χ3n) is 3.15. The lowest BCUT2D eigenvalue weighted by Gasteiger charge is -2.39. The molecule has 0 aromatic rings. The van der Waals surface area contributed by atoms with Gasteiger partial charge < -0.3 is 15.5 Å². The van der Waals surface area contributed by atoms with Gasteiger partial charge in [0.05, 0.1) is 12.7 Å². The van der Waals surface area contributed by atoms with E-state index in [2.05, 4.69) is 0 Å². The number of hydrogen-bond donors (Lipinski definition) is 3. The van der Waals surface area contributed by atoms with E-state index in [0.29, 0.717) is 5.32 Å². The molecule has 32 heavy (non-hydrogen) atoms. The maximum absolute atomic E-state index is 14.0. The highest BCUT2D eigenvalue weighted by atomic mass is 19.4. The summed E-state index contributed by atoms with van der Waals surface area (Å²) in [6.45, 7) is -3.86. The second kappa shape index (κ2) is 8.93. The van der Waals surface area contributed by atoms with E-state index in [1.54, 1.807) is 4.74 Å². The van der Waals surface area contributed by atoms with Gasteiger partial charge in [-0.05, 0) is 0 Å². The highest BCUT2D eigenvalue weighted by Crippen LogP contribution is 2.54. The van der Waals surface area contributed by atoms with Crippen molar-refractivity contribution in [2.24, 2.45) is 0 Å². The van der Waals surface area contributed by atoms with E-state index in [1.165, 1.54) is 0 Å². The lowest BCUT2D eigenvalue weighted by molar-refractivity contribution is -0.537. The van der Waals surface area contributed by atoms with Gasteiger partial charge in [0.15, 0.2) is 0 Å². The topological polar surface area (TPSA) is 88.0 Å². The Balaban J connectivity index is 6.42. The van der Waals surface area contributed by atoms with Crippen LogP contribution in [0.25, 0.3) is 0 Å². The van der Waals surface area contributed by atoms with Gasteiger partial charge >= 0.3 is 42.2 Å². The molecule has 0 aliphatic rings. The summed E-state index contributed by atoms with van der Waals surface area (Å²) in [6.07, 6.45) is -31.2. The molecule has 0 bridgehead atoms. The maximum atomic E-state index is 14.0. The first-order valence-electron chi connectivity index (χ1n) is 7.41. The average Bonchev–Trinajstić information content (AvgIpc) is 2.55. The molecule has 0 aromatic heterocycles. The zero-order chi connectivity index (χ0) is 26.2. The smallest absolute Gasteiger partial charge is 0.394 e. The number of carbonyl (C=O) groups is 1. The molecule has 0 fully saturated rings. The van der Waals surface area contributed by atoms with Gasteiger partial charge in [0.25, 0.3) is 5.91 Å².